The predicted octanol–water partition coefficient (Wildman–Crippen LogP) is 10.6. The highest BCUT2D eigenvalue weighted by atomic mass is 79.9. The first-order chi connectivity index (χ1) is 19.8. The summed E-state index contributed by atoms with van der Waals surface area (Å²) in [4.78, 5) is 0. The fourth-order valence-electron chi connectivity index (χ4n) is 7.10. The molecular formula is C36H19BrN2O. The molecule has 0 bridgehead atoms. The van der Waals surface area contributed by atoms with Crippen molar-refractivity contribution in [3.63, 3.8) is 0 Å². The van der Waals surface area contributed by atoms with Crippen molar-refractivity contribution < 1.29 is 4.42 Å². The largest absolute Gasteiger partial charge is 0.456 e. The fraction of sp³-hybridized carbons (Fsp3) is 0. The van der Waals surface area contributed by atoms with Crippen LogP contribution in [0.5, 0.6) is 0 Å². The minimum Gasteiger partial charge on any atom is -0.456 e. The van der Waals surface area contributed by atoms with Gasteiger partial charge in [-0.2, -0.15) is 0 Å². The zero-order valence-corrected chi connectivity index (χ0v) is 22.7. The fourth-order valence-corrected chi connectivity index (χ4v) is 7.46. The zero-order chi connectivity index (χ0) is 26.1. The molecule has 0 atom stereocenters. The average Bonchev–Trinajstić information content (AvgIpc) is 3.63. The Morgan fingerprint density at radius 3 is 1.90 bits per heavy atom. The Hall–Kier alpha value is -4.80. The van der Waals surface area contributed by atoms with Crippen LogP contribution in [0.4, 0.5) is 0 Å². The quantitative estimate of drug-likeness (QED) is 0.176. The highest BCUT2D eigenvalue weighted by Gasteiger charge is 2.20. The smallest absolute Gasteiger partial charge is 0.136 e. The molecule has 0 saturated carbocycles. The van der Waals surface area contributed by atoms with Gasteiger partial charge in [0.05, 0.1) is 33.1 Å². The van der Waals surface area contributed by atoms with Crippen LogP contribution in [0.2, 0.25) is 0 Å². The number of halogens is 1. The number of hydrogen-bond acceptors (Lipinski definition) is 1. The highest BCUT2D eigenvalue weighted by molar-refractivity contribution is 9.10. The van der Waals surface area contributed by atoms with Crippen molar-refractivity contribution in [3.8, 4) is 0 Å². The zero-order valence-electron chi connectivity index (χ0n) is 21.2. The van der Waals surface area contributed by atoms with Crippen molar-refractivity contribution in [1.82, 2.24) is 8.80 Å². The molecule has 0 aliphatic heterocycles. The second-order valence-electron chi connectivity index (χ2n) is 10.7. The highest BCUT2D eigenvalue weighted by Crippen LogP contribution is 2.42. The van der Waals surface area contributed by atoms with Crippen LogP contribution in [0.15, 0.2) is 124 Å². The van der Waals surface area contributed by atoms with E-state index in [0.717, 1.165) is 31.8 Å². The number of para-hydroxylation sites is 4. The molecule has 186 valence electrons. The molecule has 0 radical (unpaired) electrons. The van der Waals surface area contributed by atoms with E-state index >= 15 is 0 Å². The van der Waals surface area contributed by atoms with Crippen molar-refractivity contribution >= 4 is 103 Å². The minimum absolute atomic E-state index is 0.906. The van der Waals surface area contributed by atoms with Crippen LogP contribution in [0.3, 0.4) is 0 Å². The molecule has 4 heterocycles. The Morgan fingerprint density at radius 1 is 0.400 bits per heavy atom. The van der Waals surface area contributed by atoms with Crippen LogP contribution in [0, 0.1) is 0 Å². The third-order valence-corrected chi connectivity index (χ3v) is 9.18. The average molecular weight is 575 g/mol. The molecule has 10 rings (SSSR count). The van der Waals surface area contributed by atoms with Gasteiger partial charge < -0.3 is 13.2 Å². The van der Waals surface area contributed by atoms with E-state index in [1.54, 1.807) is 0 Å². The molecule has 4 heteroatoms. The molecule has 0 N–H and O–H groups in total. The second kappa shape index (κ2) is 7.23. The lowest BCUT2D eigenvalue weighted by Crippen LogP contribution is -1.94. The van der Waals surface area contributed by atoms with Crippen LogP contribution in [-0.4, -0.2) is 8.80 Å². The summed E-state index contributed by atoms with van der Waals surface area (Å²) >= 11 is 3.74. The number of fused-ring (bicyclic) bond motifs is 13. The number of hydrogen-bond donors (Lipinski definition) is 0. The van der Waals surface area contributed by atoms with Gasteiger partial charge in [0.2, 0.25) is 0 Å². The van der Waals surface area contributed by atoms with E-state index in [-0.39, 0.29) is 0 Å². The van der Waals surface area contributed by atoms with Crippen LogP contribution in [-0.2, 0) is 0 Å². The first kappa shape index (κ1) is 21.1. The lowest BCUT2D eigenvalue weighted by atomic mass is 10.0. The second-order valence-corrected chi connectivity index (χ2v) is 11.6. The van der Waals surface area contributed by atoms with Crippen LogP contribution >= 0.6 is 15.9 Å². The van der Waals surface area contributed by atoms with Crippen molar-refractivity contribution in [2.45, 2.75) is 0 Å². The number of aromatic nitrogens is 2. The molecule has 0 saturated heterocycles. The van der Waals surface area contributed by atoms with E-state index in [4.69, 9.17) is 4.42 Å². The summed E-state index contributed by atoms with van der Waals surface area (Å²) in [6.07, 6.45) is 0. The van der Waals surface area contributed by atoms with E-state index in [2.05, 4.69) is 134 Å². The summed E-state index contributed by atoms with van der Waals surface area (Å²) in [5.41, 5.74) is 9.01. The number of rotatable bonds is 0. The molecule has 10 aromatic rings. The summed E-state index contributed by atoms with van der Waals surface area (Å²) in [5, 5.41) is 9.62. The van der Waals surface area contributed by atoms with Gasteiger partial charge in [-0.3, -0.25) is 0 Å². The molecule has 0 fully saturated rings. The van der Waals surface area contributed by atoms with E-state index in [1.807, 2.05) is 6.07 Å². The molecule has 6 aromatic carbocycles. The molecule has 3 nitrogen and oxygen atoms in total. The molecule has 40 heavy (non-hydrogen) atoms. The van der Waals surface area contributed by atoms with Crippen LogP contribution < -0.4 is 0 Å². The van der Waals surface area contributed by atoms with Gasteiger partial charge in [0.25, 0.3) is 0 Å². The van der Waals surface area contributed by atoms with E-state index < -0.39 is 0 Å². The van der Waals surface area contributed by atoms with E-state index in [0.29, 0.717) is 0 Å². The third-order valence-electron chi connectivity index (χ3n) is 8.69. The first-order valence-corrected chi connectivity index (χ1v) is 14.3. The molecule has 0 aliphatic carbocycles. The Morgan fingerprint density at radius 2 is 1.02 bits per heavy atom. The van der Waals surface area contributed by atoms with Gasteiger partial charge in [-0.05, 0) is 48.5 Å². The predicted molar refractivity (Wildman–Crippen MR) is 171 cm³/mol. The molecular weight excluding hydrogens is 556 g/mol. The molecule has 0 unspecified atom stereocenters. The summed E-state index contributed by atoms with van der Waals surface area (Å²) in [5.74, 6) is 0. The summed E-state index contributed by atoms with van der Waals surface area (Å²) in [6.45, 7) is 0. The maximum absolute atomic E-state index is 6.44. The normalized spacial score (nSPS) is 12.6. The summed E-state index contributed by atoms with van der Waals surface area (Å²) < 4.78 is 12.5. The number of furan rings is 1. The molecule has 0 amide bonds. The first-order valence-electron chi connectivity index (χ1n) is 13.5. The van der Waals surface area contributed by atoms with Gasteiger partial charge in [0.1, 0.15) is 11.2 Å². The standard InChI is InChI=1S/C36H19BrN2O/c37-20-15-16-30-26(17-20)24-9-5-10-25-27-19-34-28(22-8-2-4-14-33(22)40-34)18-32(27)39-29-12-3-1-7-21(29)23-11-6-13-31(36(23)39)38(30)35(24)25/h1-19H. The summed E-state index contributed by atoms with van der Waals surface area (Å²) in [6, 6.07) is 41.8. The number of nitrogens with zero attached hydrogens (tertiary/aromatic N) is 2. The van der Waals surface area contributed by atoms with Crippen LogP contribution in [0.25, 0.3) is 87.4 Å². The molecule has 4 aromatic heterocycles. The van der Waals surface area contributed by atoms with Gasteiger partial charge >= 0.3 is 0 Å². The number of benzene rings is 6. The van der Waals surface area contributed by atoms with Crippen molar-refractivity contribution in [1.29, 1.82) is 0 Å². The van der Waals surface area contributed by atoms with Gasteiger partial charge in [0, 0.05) is 47.6 Å². The van der Waals surface area contributed by atoms with Gasteiger partial charge in [-0.15, -0.1) is 0 Å². The monoisotopic (exact) mass is 574 g/mol. The lowest BCUT2D eigenvalue weighted by molar-refractivity contribution is 0.669. The maximum atomic E-state index is 6.44. The van der Waals surface area contributed by atoms with E-state index in [1.165, 1.54) is 60.0 Å². The van der Waals surface area contributed by atoms with E-state index in [9.17, 15) is 0 Å². The minimum atomic E-state index is 0.906. The Balaban J connectivity index is 1.66. The summed E-state index contributed by atoms with van der Waals surface area (Å²) in [7, 11) is 0. The van der Waals surface area contributed by atoms with Gasteiger partial charge in [-0.25, -0.2) is 0 Å². The van der Waals surface area contributed by atoms with Crippen LogP contribution in [0.1, 0.15) is 0 Å². The van der Waals surface area contributed by atoms with Crippen molar-refractivity contribution in [2.75, 3.05) is 0 Å². The Kier molecular flexibility index (Phi) is 3.81. The topological polar surface area (TPSA) is 22.0 Å². The Labute approximate surface area is 235 Å². The molecule has 0 spiro atoms. The third kappa shape index (κ3) is 2.46. The van der Waals surface area contributed by atoms with Crippen molar-refractivity contribution in [2.24, 2.45) is 0 Å². The van der Waals surface area contributed by atoms with Gasteiger partial charge in [0.15, 0.2) is 0 Å². The van der Waals surface area contributed by atoms with Crippen molar-refractivity contribution in [3.05, 3.63) is 120 Å². The maximum Gasteiger partial charge on any atom is 0.136 e. The SMILES string of the molecule is Brc1ccc2c(c1)c1cccc3c4cc5oc6ccccc6c5cc4n4c5ccccc5c5cccc(c54)n2c13. The molecule has 0 aliphatic rings. The van der Waals surface area contributed by atoms with Gasteiger partial charge in [-0.1, -0.05) is 82.7 Å². The lowest BCUT2D eigenvalue weighted by Gasteiger charge is -2.11. The Bertz CT molecular complexity index is 2720.